The molecule has 0 radical (unpaired) electrons. The first kappa shape index (κ1) is 17.9. The van der Waals surface area contributed by atoms with Crippen molar-refractivity contribution < 1.29 is 13.2 Å². The molecule has 0 spiro atoms. The smallest absolute Gasteiger partial charge is 0.239 e. The van der Waals surface area contributed by atoms with Crippen LogP contribution in [0.5, 0.6) is 5.75 Å². The van der Waals surface area contributed by atoms with E-state index in [1.807, 2.05) is 48.5 Å². The van der Waals surface area contributed by atoms with Gasteiger partial charge in [0.15, 0.2) is 0 Å². The van der Waals surface area contributed by atoms with E-state index in [2.05, 4.69) is 4.98 Å². The van der Waals surface area contributed by atoms with Crippen molar-refractivity contribution in [2.24, 2.45) is 0 Å². The molecule has 0 aliphatic heterocycles. The van der Waals surface area contributed by atoms with Crippen LogP contribution in [0.15, 0.2) is 85.1 Å². The average molecular weight is 368 g/mol. The first-order chi connectivity index (χ1) is 12.6. The monoisotopic (exact) mass is 368 g/mol. The Morgan fingerprint density at radius 2 is 1.50 bits per heavy atom. The van der Waals surface area contributed by atoms with Crippen LogP contribution in [0, 0.1) is 0 Å². The molecular weight excluding hydrogens is 348 g/mol. The van der Waals surface area contributed by atoms with Crippen LogP contribution in [0.2, 0.25) is 0 Å². The maximum absolute atomic E-state index is 12.9. The lowest BCUT2D eigenvalue weighted by Gasteiger charge is -2.23. The number of nitrogens with zero attached hydrogens (tertiary/aromatic N) is 2. The Hall–Kier alpha value is -2.86. The first-order valence-corrected chi connectivity index (χ1v) is 9.89. The number of hydrogen-bond acceptors (Lipinski definition) is 4. The third-order valence-corrected chi connectivity index (χ3v) is 5.43. The molecule has 0 amide bonds. The first-order valence-electron chi connectivity index (χ1n) is 8.28. The van der Waals surface area contributed by atoms with Crippen LogP contribution in [0.25, 0.3) is 0 Å². The highest BCUT2D eigenvalue weighted by molar-refractivity contribution is 7.92. The molecule has 6 heteroatoms. The minimum atomic E-state index is -3.60. The molecule has 0 bridgehead atoms. The number of aromatic nitrogens is 1. The molecule has 0 saturated carbocycles. The molecule has 0 atom stereocenters. The van der Waals surface area contributed by atoms with Gasteiger partial charge in [0.2, 0.25) is 10.0 Å². The zero-order valence-corrected chi connectivity index (χ0v) is 15.0. The number of hydrogen-bond donors (Lipinski definition) is 0. The third kappa shape index (κ3) is 4.83. The molecule has 5 nitrogen and oxygen atoms in total. The Morgan fingerprint density at radius 1 is 0.846 bits per heavy atom. The van der Waals surface area contributed by atoms with E-state index in [1.54, 1.807) is 36.5 Å². The van der Waals surface area contributed by atoms with Gasteiger partial charge >= 0.3 is 0 Å². The van der Waals surface area contributed by atoms with Crippen LogP contribution in [-0.2, 0) is 16.6 Å². The molecule has 0 saturated heterocycles. The van der Waals surface area contributed by atoms with E-state index in [9.17, 15) is 8.42 Å². The fourth-order valence-corrected chi connectivity index (χ4v) is 3.72. The zero-order valence-electron chi connectivity index (χ0n) is 14.2. The van der Waals surface area contributed by atoms with Crippen LogP contribution in [0.3, 0.4) is 0 Å². The number of para-hydroxylation sites is 1. The summed E-state index contributed by atoms with van der Waals surface area (Å²) in [6.45, 7) is 0.302. The fourth-order valence-electron chi connectivity index (χ4n) is 2.46. The highest BCUT2D eigenvalue weighted by atomic mass is 32.2. The zero-order chi connectivity index (χ0) is 18.2. The van der Waals surface area contributed by atoms with Gasteiger partial charge in [-0.1, -0.05) is 54.6 Å². The molecule has 0 aliphatic rings. The van der Waals surface area contributed by atoms with Crippen LogP contribution < -0.4 is 9.04 Å². The van der Waals surface area contributed by atoms with E-state index in [1.165, 1.54) is 4.31 Å². The SMILES string of the molecule is O=S(=O)(CCOc1ccccc1)N(Cc1ccccc1)c1ccccn1. The molecule has 134 valence electrons. The molecule has 3 rings (SSSR count). The van der Waals surface area contributed by atoms with Crippen LogP contribution in [-0.4, -0.2) is 25.8 Å². The summed E-state index contributed by atoms with van der Waals surface area (Å²) in [4.78, 5) is 4.21. The summed E-state index contributed by atoms with van der Waals surface area (Å²) in [5.74, 6) is 0.914. The molecule has 1 aromatic heterocycles. The van der Waals surface area contributed by atoms with Crippen molar-refractivity contribution in [3.63, 3.8) is 0 Å². The topological polar surface area (TPSA) is 59.5 Å². The van der Waals surface area contributed by atoms with Crippen molar-refractivity contribution >= 4 is 15.8 Å². The third-order valence-electron chi connectivity index (χ3n) is 3.76. The number of sulfonamides is 1. The van der Waals surface area contributed by atoms with Gasteiger partial charge in [-0.15, -0.1) is 0 Å². The maximum Gasteiger partial charge on any atom is 0.239 e. The number of rotatable bonds is 8. The second-order valence-electron chi connectivity index (χ2n) is 5.66. The molecule has 1 heterocycles. The molecule has 0 N–H and O–H groups in total. The lowest BCUT2D eigenvalue weighted by atomic mass is 10.2. The highest BCUT2D eigenvalue weighted by Gasteiger charge is 2.24. The standard InChI is InChI=1S/C20H20N2O3S/c23-26(24,16-15-25-19-11-5-2-6-12-19)22(20-13-7-8-14-21-20)17-18-9-3-1-4-10-18/h1-14H,15-17H2. The maximum atomic E-state index is 12.9. The summed E-state index contributed by atoms with van der Waals surface area (Å²) in [6, 6.07) is 23.9. The summed E-state index contributed by atoms with van der Waals surface area (Å²) in [5.41, 5.74) is 0.894. The summed E-state index contributed by atoms with van der Waals surface area (Å²) < 4.78 is 32.7. The lowest BCUT2D eigenvalue weighted by molar-refractivity contribution is 0.340. The molecule has 2 aromatic carbocycles. The Labute approximate surface area is 153 Å². The molecule has 0 unspecified atom stereocenters. The normalized spacial score (nSPS) is 11.1. The van der Waals surface area contributed by atoms with E-state index < -0.39 is 10.0 Å². The average Bonchev–Trinajstić information content (AvgIpc) is 2.68. The molecule has 3 aromatic rings. The number of benzene rings is 2. The van der Waals surface area contributed by atoms with Gasteiger partial charge < -0.3 is 4.74 Å². The van der Waals surface area contributed by atoms with E-state index in [4.69, 9.17) is 4.74 Å². The minimum Gasteiger partial charge on any atom is -0.492 e. The van der Waals surface area contributed by atoms with Gasteiger partial charge in [0.05, 0.1) is 6.54 Å². The molecule has 26 heavy (non-hydrogen) atoms. The number of anilines is 1. The summed E-state index contributed by atoms with van der Waals surface area (Å²) >= 11 is 0. The van der Waals surface area contributed by atoms with Gasteiger partial charge in [0.1, 0.15) is 23.9 Å². The Kier molecular flexibility index (Phi) is 5.86. The number of ether oxygens (including phenoxy) is 1. The van der Waals surface area contributed by atoms with E-state index >= 15 is 0 Å². The molecule has 0 fully saturated rings. The fraction of sp³-hybridized carbons (Fsp3) is 0.150. The van der Waals surface area contributed by atoms with Crippen LogP contribution in [0.1, 0.15) is 5.56 Å². The van der Waals surface area contributed by atoms with Gasteiger partial charge in [-0.3, -0.25) is 0 Å². The lowest BCUT2D eigenvalue weighted by Crippen LogP contribution is -2.35. The molecular formula is C20H20N2O3S. The number of pyridine rings is 1. The molecule has 0 aliphatic carbocycles. The van der Waals surface area contributed by atoms with Gasteiger partial charge in [0.25, 0.3) is 0 Å². The Morgan fingerprint density at radius 3 is 2.15 bits per heavy atom. The van der Waals surface area contributed by atoms with Crippen molar-refractivity contribution in [3.05, 3.63) is 90.6 Å². The van der Waals surface area contributed by atoms with Gasteiger partial charge in [-0.2, -0.15) is 0 Å². The van der Waals surface area contributed by atoms with Crippen LogP contribution in [0.4, 0.5) is 5.82 Å². The highest BCUT2D eigenvalue weighted by Crippen LogP contribution is 2.19. The Balaban J connectivity index is 1.76. The van der Waals surface area contributed by atoms with Crippen molar-refractivity contribution in [2.75, 3.05) is 16.7 Å². The van der Waals surface area contributed by atoms with E-state index in [0.717, 1.165) is 5.56 Å². The van der Waals surface area contributed by atoms with Gasteiger partial charge in [-0.05, 0) is 29.8 Å². The summed E-state index contributed by atoms with van der Waals surface area (Å²) in [6.07, 6.45) is 1.59. The Bertz CT molecular complexity index is 902. The minimum absolute atomic E-state index is 0.0739. The van der Waals surface area contributed by atoms with Gasteiger partial charge in [0, 0.05) is 6.20 Å². The van der Waals surface area contributed by atoms with Crippen LogP contribution >= 0.6 is 0 Å². The second kappa shape index (κ2) is 8.49. The second-order valence-corrected chi connectivity index (χ2v) is 7.67. The van der Waals surface area contributed by atoms with Crippen molar-refractivity contribution in [1.29, 1.82) is 0 Å². The summed E-state index contributed by atoms with van der Waals surface area (Å²) in [5, 5.41) is 0. The largest absolute Gasteiger partial charge is 0.492 e. The predicted molar refractivity (Wildman–Crippen MR) is 103 cm³/mol. The summed E-state index contributed by atoms with van der Waals surface area (Å²) in [7, 11) is -3.60. The van der Waals surface area contributed by atoms with Crippen molar-refractivity contribution in [1.82, 2.24) is 4.98 Å². The van der Waals surface area contributed by atoms with E-state index in [0.29, 0.717) is 11.6 Å². The van der Waals surface area contributed by atoms with Gasteiger partial charge in [-0.25, -0.2) is 17.7 Å². The van der Waals surface area contributed by atoms with E-state index in [-0.39, 0.29) is 18.9 Å². The van der Waals surface area contributed by atoms with Crippen molar-refractivity contribution in [2.45, 2.75) is 6.54 Å². The quantitative estimate of drug-likeness (QED) is 0.611. The van der Waals surface area contributed by atoms with Crippen molar-refractivity contribution in [3.8, 4) is 5.75 Å². The predicted octanol–water partition coefficient (Wildman–Crippen LogP) is 3.50.